The lowest BCUT2D eigenvalue weighted by Crippen LogP contribution is -2.44. The minimum Gasteiger partial charge on any atom is -0.479 e. The molecule has 0 saturated carbocycles. The van der Waals surface area contributed by atoms with Crippen LogP contribution in [0.1, 0.15) is 25.3 Å². The standard InChI is InChI=1S/C21H21ClN2O4/c1-13-21(26)24(12-14-4-2-5-15(22)10-14)17-11-16(7-8-18(17)28-13)23-20(25)19-6-3-9-27-19/h2,4-5,7-8,10-11,13,19H,3,6,9,12H2,1H3,(H,23,25). The Hall–Kier alpha value is -2.57. The summed E-state index contributed by atoms with van der Waals surface area (Å²) >= 11 is 6.09. The molecular weight excluding hydrogens is 380 g/mol. The van der Waals surface area contributed by atoms with Gasteiger partial charge in [0.25, 0.3) is 11.8 Å². The van der Waals surface area contributed by atoms with Crippen molar-refractivity contribution in [3.63, 3.8) is 0 Å². The summed E-state index contributed by atoms with van der Waals surface area (Å²) in [7, 11) is 0. The van der Waals surface area contributed by atoms with Crippen LogP contribution in [0, 0.1) is 0 Å². The fourth-order valence-corrected chi connectivity index (χ4v) is 3.69. The molecule has 4 rings (SSSR count). The number of carbonyl (C=O) groups is 2. The van der Waals surface area contributed by atoms with Crippen LogP contribution in [0.5, 0.6) is 5.75 Å². The first-order valence-electron chi connectivity index (χ1n) is 9.30. The third-order valence-corrected chi connectivity index (χ3v) is 5.12. The molecule has 0 aliphatic carbocycles. The third kappa shape index (κ3) is 3.84. The van der Waals surface area contributed by atoms with Gasteiger partial charge in [0.1, 0.15) is 11.9 Å². The highest BCUT2D eigenvalue weighted by Crippen LogP contribution is 2.37. The van der Waals surface area contributed by atoms with E-state index in [0.717, 1.165) is 18.4 Å². The van der Waals surface area contributed by atoms with Crippen molar-refractivity contribution < 1.29 is 19.1 Å². The SMILES string of the molecule is CC1Oc2ccc(NC(=O)C3CCCO3)cc2N(Cc2cccc(Cl)c2)C1=O. The number of hydrogen-bond acceptors (Lipinski definition) is 4. The number of ether oxygens (including phenoxy) is 2. The molecule has 7 heteroatoms. The van der Waals surface area contributed by atoms with Gasteiger partial charge in [-0.05, 0) is 55.7 Å². The van der Waals surface area contributed by atoms with Gasteiger partial charge in [0.2, 0.25) is 0 Å². The maximum absolute atomic E-state index is 12.8. The van der Waals surface area contributed by atoms with Gasteiger partial charge < -0.3 is 19.7 Å². The summed E-state index contributed by atoms with van der Waals surface area (Å²) in [4.78, 5) is 26.8. The molecule has 2 heterocycles. The Morgan fingerprint density at radius 2 is 2.14 bits per heavy atom. The number of amides is 2. The summed E-state index contributed by atoms with van der Waals surface area (Å²) in [6.45, 7) is 2.70. The Morgan fingerprint density at radius 1 is 1.29 bits per heavy atom. The lowest BCUT2D eigenvalue weighted by molar-refractivity contribution is -0.125. The Balaban J connectivity index is 1.61. The molecule has 2 aliphatic heterocycles. The van der Waals surface area contributed by atoms with Crippen LogP contribution < -0.4 is 15.0 Å². The van der Waals surface area contributed by atoms with Gasteiger partial charge in [-0.3, -0.25) is 9.59 Å². The third-order valence-electron chi connectivity index (χ3n) is 4.89. The van der Waals surface area contributed by atoms with E-state index in [1.54, 1.807) is 36.1 Å². The number of fused-ring (bicyclic) bond motifs is 1. The Labute approximate surface area is 168 Å². The molecule has 0 spiro atoms. The Morgan fingerprint density at radius 3 is 2.89 bits per heavy atom. The van der Waals surface area contributed by atoms with Gasteiger partial charge in [-0.25, -0.2) is 0 Å². The molecular formula is C21H21ClN2O4. The molecule has 1 fully saturated rings. The second-order valence-corrected chi connectivity index (χ2v) is 7.42. The number of nitrogens with zero attached hydrogens (tertiary/aromatic N) is 1. The van der Waals surface area contributed by atoms with Crippen molar-refractivity contribution in [3.05, 3.63) is 53.1 Å². The minimum atomic E-state index is -0.584. The van der Waals surface area contributed by atoms with Crippen LogP contribution in [0.25, 0.3) is 0 Å². The summed E-state index contributed by atoms with van der Waals surface area (Å²) in [6.07, 6.45) is 0.600. The number of hydrogen-bond donors (Lipinski definition) is 1. The number of halogens is 1. The van der Waals surface area contributed by atoms with E-state index in [1.807, 2.05) is 18.2 Å². The van der Waals surface area contributed by atoms with Crippen molar-refractivity contribution in [2.45, 2.75) is 38.5 Å². The van der Waals surface area contributed by atoms with Gasteiger partial charge in [0.15, 0.2) is 6.10 Å². The Bertz CT molecular complexity index is 911. The summed E-state index contributed by atoms with van der Waals surface area (Å²) in [6, 6.07) is 12.7. The number of benzene rings is 2. The van der Waals surface area contributed by atoms with Crippen LogP contribution in [0.2, 0.25) is 5.02 Å². The molecule has 2 aromatic carbocycles. The average Bonchev–Trinajstić information content (AvgIpc) is 3.21. The van der Waals surface area contributed by atoms with E-state index >= 15 is 0 Å². The topological polar surface area (TPSA) is 67.9 Å². The van der Waals surface area contributed by atoms with Crippen LogP contribution >= 0.6 is 11.6 Å². The van der Waals surface area contributed by atoms with Crippen molar-refractivity contribution in [2.75, 3.05) is 16.8 Å². The van der Waals surface area contributed by atoms with Gasteiger partial charge in [-0.1, -0.05) is 23.7 Å². The molecule has 2 atom stereocenters. The van der Waals surface area contributed by atoms with Crippen LogP contribution in [0.3, 0.4) is 0 Å². The molecule has 0 aromatic heterocycles. The molecule has 6 nitrogen and oxygen atoms in total. The molecule has 1 N–H and O–H groups in total. The zero-order valence-electron chi connectivity index (χ0n) is 15.5. The first kappa shape index (κ1) is 18.8. The van der Waals surface area contributed by atoms with E-state index < -0.39 is 12.2 Å². The first-order chi connectivity index (χ1) is 13.5. The fraction of sp³-hybridized carbons (Fsp3) is 0.333. The van der Waals surface area contributed by atoms with Crippen LogP contribution in [0.4, 0.5) is 11.4 Å². The summed E-state index contributed by atoms with van der Waals surface area (Å²) in [5, 5.41) is 3.49. The predicted octanol–water partition coefficient (Wildman–Crippen LogP) is 3.77. The van der Waals surface area contributed by atoms with E-state index in [-0.39, 0.29) is 11.8 Å². The Kier molecular flexibility index (Phi) is 5.24. The normalized spacial score (nSPS) is 21.2. The molecule has 28 heavy (non-hydrogen) atoms. The molecule has 2 aromatic rings. The lowest BCUT2D eigenvalue weighted by Gasteiger charge is -2.33. The second kappa shape index (κ2) is 7.81. The van der Waals surface area contributed by atoms with E-state index in [1.165, 1.54) is 0 Å². The smallest absolute Gasteiger partial charge is 0.268 e. The molecule has 2 unspecified atom stereocenters. The fourth-order valence-electron chi connectivity index (χ4n) is 3.47. The van der Waals surface area contributed by atoms with Crippen molar-refractivity contribution in [3.8, 4) is 5.75 Å². The quantitative estimate of drug-likeness (QED) is 0.848. The largest absolute Gasteiger partial charge is 0.479 e. The number of nitrogens with one attached hydrogen (secondary N) is 1. The molecule has 2 aliphatic rings. The van der Waals surface area contributed by atoms with Gasteiger partial charge >= 0.3 is 0 Å². The van der Waals surface area contributed by atoms with Crippen molar-refractivity contribution in [1.29, 1.82) is 0 Å². The van der Waals surface area contributed by atoms with Crippen molar-refractivity contribution >= 4 is 34.8 Å². The van der Waals surface area contributed by atoms with Crippen LogP contribution in [-0.4, -0.2) is 30.6 Å². The molecule has 0 bridgehead atoms. The highest BCUT2D eigenvalue weighted by molar-refractivity contribution is 6.30. The highest BCUT2D eigenvalue weighted by atomic mass is 35.5. The molecule has 1 saturated heterocycles. The van der Waals surface area contributed by atoms with Crippen LogP contribution in [-0.2, 0) is 20.9 Å². The van der Waals surface area contributed by atoms with Crippen LogP contribution in [0.15, 0.2) is 42.5 Å². The zero-order chi connectivity index (χ0) is 19.7. The molecule has 2 amide bonds. The predicted molar refractivity (Wildman–Crippen MR) is 107 cm³/mol. The van der Waals surface area contributed by atoms with E-state index in [4.69, 9.17) is 21.1 Å². The maximum Gasteiger partial charge on any atom is 0.268 e. The highest BCUT2D eigenvalue weighted by Gasteiger charge is 2.32. The van der Waals surface area contributed by atoms with Crippen molar-refractivity contribution in [2.24, 2.45) is 0 Å². The van der Waals surface area contributed by atoms with Crippen molar-refractivity contribution in [1.82, 2.24) is 0 Å². The molecule has 146 valence electrons. The molecule has 0 radical (unpaired) electrons. The summed E-state index contributed by atoms with van der Waals surface area (Å²) < 4.78 is 11.2. The number of rotatable bonds is 4. The number of carbonyl (C=O) groups excluding carboxylic acids is 2. The average molecular weight is 401 g/mol. The van der Waals surface area contributed by atoms with E-state index in [0.29, 0.717) is 35.3 Å². The van der Waals surface area contributed by atoms with Gasteiger partial charge in [0.05, 0.1) is 12.2 Å². The van der Waals surface area contributed by atoms with Gasteiger partial charge in [-0.2, -0.15) is 0 Å². The maximum atomic E-state index is 12.8. The van der Waals surface area contributed by atoms with E-state index in [9.17, 15) is 9.59 Å². The second-order valence-electron chi connectivity index (χ2n) is 6.99. The zero-order valence-corrected chi connectivity index (χ0v) is 16.2. The van der Waals surface area contributed by atoms with Gasteiger partial charge in [-0.15, -0.1) is 0 Å². The van der Waals surface area contributed by atoms with Gasteiger partial charge in [0, 0.05) is 17.3 Å². The summed E-state index contributed by atoms with van der Waals surface area (Å²) in [5.74, 6) is 0.287. The first-order valence-corrected chi connectivity index (χ1v) is 9.68. The summed E-state index contributed by atoms with van der Waals surface area (Å²) in [5.41, 5.74) is 2.13. The van der Waals surface area contributed by atoms with E-state index in [2.05, 4.69) is 5.32 Å². The monoisotopic (exact) mass is 400 g/mol. The lowest BCUT2D eigenvalue weighted by atomic mass is 10.1. The number of anilines is 2. The minimum absolute atomic E-state index is 0.143.